The largest absolute Gasteiger partial charge is 0.452 e. The van der Waals surface area contributed by atoms with Crippen molar-refractivity contribution in [1.29, 1.82) is 0 Å². The molecule has 0 saturated heterocycles. The lowest BCUT2D eigenvalue weighted by molar-refractivity contribution is -0.384. The number of nitrogens with zero attached hydrogens (tertiary/aromatic N) is 5. The quantitative estimate of drug-likeness (QED) is 0.381. The van der Waals surface area contributed by atoms with E-state index in [1.165, 1.54) is 6.07 Å². The number of alkyl halides is 3. The summed E-state index contributed by atoms with van der Waals surface area (Å²) >= 11 is 1.10. The number of hydrogen-bond donors (Lipinski definition) is 0. The number of rotatable bonds is 3. The van der Waals surface area contributed by atoms with Crippen LogP contribution in [0.2, 0.25) is 0 Å². The van der Waals surface area contributed by atoms with Crippen LogP contribution in [0.5, 0.6) is 0 Å². The lowest BCUT2D eigenvalue weighted by Gasteiger charge is -2.09. The molecule has 0 N–H and O–H groups in total. The van der Waals surface area contributed by atoms with Crippen LogP contribution in [0.3, 0.4) is 0 Å². The Bertz CT molecular complexity index is 1180. The first kappa shape index (κ1) is 17.2. The number of non-ortho nitro benzene ring substituents is 1. The molecule has 0 amide bonds. The molecule has 0 aliphatic carbocycles. The maximum absolute atomic E-state index is 13.4. The molecule has 0 saturated carbocycles. The minimum absolute atomic E-state index is 0.0327. The number of benzene rings is 2. The summed E-state index contributed by atoms with van der Waals surface area (Å²) in [5.74, 6) is -1.21. The van der Waals surface area contributed by atoms with Crippen molar-refractivity contribution in [2.45, 2.75) is 16.1 Å². The van der Waals surface area contributed by atoms with Crippen molar-refractivity contribution in [2.24, 2.45) is 0 Å². The van der Waals surface area contributed by atoms with Crippen LogP contribution in [0.4, 0.5) is 18.9 Å². The first-order valence-electron chi connectivity index (χ1n) is 7.48. The van der Waals surface area contributed by atoms with E-state index in [4.69, 9.17) is 0 Å². The van der Waals surface area contributed by atoms with E-state index in [9.17, 15) is 23.3 Å². The highest BCUT2D eigenvalue weighted by atomic mass is 32.2. The van der Waals surface area contributed by atoms with E-state index in [0.29, 0.717) is 0 Å². The molecule has 7 nitrogen and oxygen atoms in total. The summed E-state index contributed by atoms with van der Waals surface area (Å²) in [4.78, 5) is 15.4. The second-order valence-electron chi connectivity index (χ2n) is 5.44. The van der Waals surface area contributed by atoms with Crippen molar-refractivity contribution < 1.29 is 18.1 Å². The van der Waals surface area contributed by atoms with Gasteiger partial charge in [0, 0.05) is 17.0 Å². The monoisotopic (exact) mass is 391 g/mol. The van der Waals surface area contributed by atoms with Crippen molar-refractivity contribution in [2.75, 3.05) is 0 Å². The molecule has 27 heavy (non-hydrogen) atoms. The Morgan fingerprint density at radius 1 is 1.07 bits per heavy atom. The van der Waals surface area contributed by atoms with Gasteiger partial charge in [-0.25, -0.2) is 4.98 Å². The van der Waals surface area contributed by atoms with Gasteiger partial charge in [-0.1, -0.05) is 30.0 Å². The molecule has 136 valence electrons. The Labute approximate surface area is 153 Å². The number of nitro benzene ring substituents is 1. The fraction of sp³-hybridized carbons (Fsp3) is 0.0625. The topological polar surface area (TPSA) is 86.2 Å². The highest BCUT2D eigenvalue weighted by Gasteiger charge is 2.38. The molecular formula is C16H8F3N5O2S. The first-order chi connectivity index (χ1) is 12.8. The van der Waals surface area contributed by atoms with E-state index in [0.717, 1.165) is 33.2 Å². The summed E-state index contributed by atoms with van der Waals surface area (Å²) in [5, 5.41) is 18.1. The molecule has 0 radical (unpaired) electrons. The Morgan fingerprint density at radius 3 is 2.48 bits per heavy atom. The van der Waals surface area contributed by atoms with Gasteiger partial charge in [-0.05, 0) is 18.2 Å². The molecule has 0 aliphatic heterocycles. The highest BCUT2D eigenvalue weighted by Crippen LogP contribution is 2.35. The molecule has 2 heterocycles. The van der Waals surface area contributed by atoms with Crippen molar-refractivity contribution in [3.05, 3.63) is 64.5 Å². The van der Waals surface area contributed by atoms with Gasteiger partial charge in [-0.15, -0.1) is 10.2 Å². The molecule has 0 atom stereocenters. The van der Waals surface area contributed by atoms with Crippen molar-refractivity contribution in [3.8, 4) is 0 Å². The normalized spacial score (nSPS) is 12.0. The maximum Gasteiger partial charge on any atom is 0.452 e. The standard InChI is InChI=1S/C16H8F3N5O2S/c17-16(18,19)15-22-21-13-14(27-10-4-2-1-3-5-10)20-11-8-9(24(25)26)6-7-12(11)23(13)15/h1-8H. The van der Waals surface area contributed by atoms with E-state index in [1.54, 1.807) is 30.3 Å². The molecule has 2 aromatic heterocycles. The molecule has 4 aromatic rings. The molecule has 0 fully saturated rings. The van der Waals surface area contributed by atoms with Gasteiger partial charge >= 0.3 is 6.18 Å². The Kier molecular flexibility index (Phi) is 3.95. The van der Waals surface area contributed by atoms with Crippen LogP contribution >= 0.6 is 11.8 Å². The van der Waals surface area contributed by atoms with Gasteiger partial charge in [-0.3, -0.25) is 14.5 Å². The predicted octanol–water partition coefficient (Wildman–Crippen LogP) is 4.36. The molecule has 0 unspecified atom stereocenters. The van der Waals surface area contributed by atoms with E-state index in [-0.39, 0.29) is 27.4 Å². The van der Waals surface area contributed by atoms with Gasteiger partial charge in [0.05, 0.1) is 16.0 Å². The predicted molar refractivity (Wildman–Crippen MR) is 90.5 cm³/mol. The average molecular weight is 391 g/mol. The Balaban J connectivity index is 2.03. The number of nitro groups is 1. The lowest BCUT2D eigenvalue weighted by Crippen LogP contribution is -2.11. The Hall–Kier alpha value is -3.21. The third-order valence-electron chi connectivity index (χ3n) is 3.70. The number of halogens is 3. The molecule has 0 aliphatic rings. The van der Waals surface area contributed by atoms with Gasteiger partial charge in [0.25, 0.3) is 5.69 Å². The van der Waals surface area contributed by atoms with Crippen LogP contribution in [-0.4, -0.2) is 24.5 Å². The molecule has 0 bridgehead atoms. The maximum atomic E-state index is 13.4. The molecule has 4 rings (SSSR count). The van der Waals surface area contributed by atoms with Gasteiger partial charge in [-0.2, -0.15) is 13.2 Å². The van der Waals surface area contributed by atoms with Gasteiger partial charge in [0.15, 0.2) is 5.65 Å². The third kappa shape index (κ3) is 3.05. The van der Waals surface area contributed by atoms with Gasteiger partial charge in [0.1, 0.15) is 5.03 Å². The summed E-state index contributed by atoms with van der Waals surface area (Å²) < 4.78 is 41.0. The SMILES string of the molecule is O=[N+]([O-])c1ccc2c(c1)nc(Sc1ccccc1)c1nnc(C(F)(F)F)n12. The van der Waals surface area contributed by atoms with E-state index < -0.39 is 16.9 Å². The van der Waals surface area contributed by atoms with Crippen LogP contribution < -0.4 is 0 Å². The zero-order chi connectivity index (χ0) is 19.2. The summed E-state index contributed by atoms with van der Waals surface area (Å²) in [5.41, 5.74) is -0.269. The minimum atomic E-state index is -4.75. The van der Waals surface area contributed by atoms with Crippen LogP contribution in [-0.2, 0) is 6.18 Å². The van der Waals surface area contributed by atoms with E-state index in [1.807, 2.05) is 0 Å². The number of hydrogen-bond acceptors (Lipinski definition) is 6. The lowest BCUT2D eigenvalue weighted by atomic mass is 10.2. The van der Waals surface area contributed by atoms with Crippen molar-refractivity contribution in [1.82, 2.24) is 19.6 Å². The second kappa shape index (κ2) is 6.20. The summed E-state index contributed by atoms with van der Waals surface area (Å²) in [6.07, 6.45) is -4.75. The Morgan fingerprint density at radius 2 is 1.81 bits per heavy atom. The van der Waals surface area contributed by atoms with E-state index >= 15 is 0 Å². The third-order valence-corrected chi connectivity index (χ3v) is 4.67. The van der Waals surface area contributed by atoms with Crippen LogP contribution in [0, 0.1) is 10.1 Å². The highest BCUT2D eigenvalue weighted by molar-refractivity contribution is 7.99. The smallest absolute Gasteiger partial charge is 0.267 e. The fourth-order valence-corrected chi connectivity index (χ4v) is 3.45. The first-order valence-corrected chi connectivity index (χ1v) is 8.29. The second-order valence-corrected chi connectivity index (χ2v) is 6.50. The van der Waals surface area contributed by atoms with Crippen molar-refractivity contribution in [3.63, 3.8) is 0 Å². The number of fused-ring (bicyclic) bond motifs is 3. The van der Waals surface area contributed by atoms with E-state index in [2.05, 4.69) is 15.2 Å². The molecular weight excluding hydrogens is 383 g/mol. The van der Waals surface area contributed by atoms with Crippen LogP contribution in [0.1, 0.15) is 5.82 Å². The summed E-state index contributed by atoms with van der Waals surface area (Å²) in [6.45, 7) is 0. The molecule has 11 heteroatoms. The zero-order valence-corrected chi connectivity index (χ0v) is 14.0. The fourth-order valence-electron chi connectivity index (χ4n) is 2.57. The summed E-state index contributed by atoms with van der Waals surface area (Å²) in [7, 11) is 0. The zero-order valence-electron chi connectivity index (χ0n) is 13.2. The minimum Gasteiger partial charge on any atom is -0.267 e. The molecule has 2 aromatic carbocycles. The van der Waals surface area contributed by atoms with Crippen LogP contribution in [0.25, 0.3) is 16.7 Å². The molecule has 0 spiro atoms. The van der Waals surface area contributed by atoms with Gasteiger partial charge < -0.3 is 0 Å². The van der Waals surface area contributed by atoms with Crippen molar-refractivity contribution >= 4 is 34.1 Å². The number of aromatic nitrogens is 4. The van der Waals surface area contributed by atoms with Gasteiger partial charge in [0.2, 0.25) is 5.82 Å². The van der Waals surface area contributed by atoms with Crippen LogP contribution in [0.15, 0.2) is 58.5 Å². The summed E-state index contributed by atoms with van der Waals surface area (Å²) in [6, 6.07) is 12.3. The average Bonchev–Trinajstić information content (AvgIpc) is 3.08.